The van der Waals surface area contributed by atoms with Gasteiger partial charge in [0.05, 0.1) is 5.52 Å². The monoisotopic (exact) mass is 564 g/mol. The standard InChI is InChI=1S/C42H32N2/c1-27-19-22-41-38(23-27)36-17-9-10-18-40(36)44(41)42-26-30(28-11-3-2-4-12-28)25-39(43-42)29-20-21-35-33-15-6-5-13-31(33)32-14-7-8-16-34(32)37(35)24-29/h2-22,24-27,42-43H,23H2,1H3. The molecule has 2 heteroatoms. The highest BCUT2D eigenvalue weighted by atomic mass is 15.2. The van der Waals surface area contributed by atoms with E-state index < -0.39 is 0 Å². The molecule has 1 aliphatic heterocycles. The topological polar surface area (TPSA) is 17.0 Å². The van der Waals surface area contributed by atoms with E-state index in [-0.39, 0.29) is 6.17 Å². The highest BCUT2D eigenvalue weighted by molar-refractivity contribution is 6.25. The van der Waals surface area contributed by atoms with Crippen LogP contribution in [0.5, 0.6) is 0 Å². The second kappa shape index (κ2) is 9.86. The number of dihydropyridines is 1. The zero-order valence-electron chi connectivity index (χ0n) is 24.7. The van der Waals surface area contributed by atoms with Crippen molar-refractivity contribution in [3.63, 3.8) is 0 Å². The summed E-state index contributed by atoms with van der Waals surface area (Å²) in [5.74, 6) is 0.537. The van der Waals surface area contributed by atoms with Gasteiger partial charge in [-0.3, -0.25) is 0 Å². The predicted octanol–water partition coefficient (Wildman–Crippen LogP) is 10.5. The highest BCUT2D eigenvalue weighted by Crippen LogP contribution is 2.40. The predicted molar refractivity (Wildman–Crippen MR) is 187 cm³/mol. The maximum atomic E-state index is 3.99. The third-order valence-electron chi connectivity index (χ3n) is 9.55. The molecule has 2 aliphatic rings. The summed E-state index contributed by atoms with van der Waals surface area (Å²) in [6.07, 6.45) is 10.4. The van der Waals surface area contributed by atoms with Gasteiger partial charge in [0.2, 0.25) is 0 Å². The van der Waals surface area contributed by atoms with Crippen LogP contribution < -0.4 is 5.32 Å². The second-order valence-corrected chi connectivity index (χ2v) is 12.3. The minimum Gasteiger partial charge on any atom is -0.361 e. The van der Waals surface area contributed by atoms with E-state index in [9.17, 15) is 0 Å². The Morgan fingerprint density at radius 3 is 1.95 bits per heavy atom. The number of fused-ring (bicyclic) bond motifs is 9. The molecule has 0 saturated heterocycles. The Morgan fingerprint density at radius 1 is 0.614 bits per heavy atom. The number of hydrogen-bond acceptors (Lipinski definition) is 1. The number of nitrogens with zero attached hydrogens (tertiary/aromatic N) is 1. The van der Waals surface area contributed by atoms with Crippen molar-refractivity contribution in [3.05, 3.63) is 162 Å². The molecule has 0 spiro atoms. The first kappa shape index (κ1) is 25.2. The van der Waals surface area contributed by atoms with Gasteiger partial charge >= 0.3 is 0 Å². The normalized spacial score (nSPS) is 17.9. The summed E-state index contributed by atoms with van der Waals surface area (Å²) >= 11 is 0. The van der Waals surface area contributed by atoms with Gasteiger partial charge in [0.25, 0.3) is 0 Å². The average Bonchev–Trinajstić information content (AvgIpc) is 3.42. The third kappa shape index (κ3) is 3.88. The van der Waals surface area contributed by atoms with E-state index in [1.165, 1.54) is 71.2 Å². The number of rotatable bonds is 3. The number of para-hydroxylation sites is 1. The summed E-state index contributed by atoms with van der Waals surface area (Å²) in [6, 6.07) is 44.3. The first-order valence-electron chi connectivity index (χ1n) is 15.6. The fourth-order valence-corrected chi connectivity index (χ4v) is 7.50. The molecule has 1 aliphatic carbocycles. The molecule has 2 nitrogen and oxygen atoms in total. The van der Waals surface area contributed by atoms with Crippen LogP contribution in [0.3, 0.4) is 0 Å². The molecule has 2 atom stereocenters. The molecule has 0 fully saturated rings. The van der Waals surface area contributed by atoms with E-state index in [0.29, 0.717) is 5.92 Å². The minimum atomic E-state index is -0.0408. The maximum Gasteiger partial charge on any atom is 0.124 e. The van der Waals surface area contributed by atoms with E-state index in [1.54, 1.807) is 0 Å². The van der Waals surface area contributed by atoms with Crippen LogP contribution in [0.2, 0.25) is 0 Å². The van der Waals surface area contributed by atoms with Crippen LogP contribution in [0.25, 0.3) is 60.6 Å². The highest BCUT2D eigenvalue weighted by Gasteiger charge is 2.26. The van der Waals surface area contributed by atoms with Crippen molar-refractivity contribution < 1.29 is 0 Å². The zero-order chi connectivity index (χ0) is 29.2. The molecule has 0 bridgehead atoms. The van der Waals surface area contributed by atoms with Crippen LogP contribution in [0.4, 0.5) is 0 Å². The minimum absolute atomic E-state index is 0.0408. The van der Waals surface area contributed by atoms with E-state index in [0.717, 1.165) is 12.1 Å². The summed E-state index contributed by atoms with van der Waals surface area (Å²) in [5, 5.41) is 13.1. The molecule has 1 N–H and O–H groups in total. The van der Waals surface area contributed by atoms with Gasteiger partial charge in [-0.15, -0.1) is 0 Å². The second-order valence-electron chi connectivity index (χ2n) is 12.3. The van der Waals surface area contributed by atoms with Crippen LogP contribution in [-0.4, -0.2) is 4.57 Å². The summed E-state index contributed by atoms with van der Waals surface area (Å²) in [6.45, 7) is 2.31. The lowest BCUT2D eigenvalue weighted by molar-refractivity contribution is 0.566. The zero-order valence-corrected chi connectivity index (χ0v) is 24.7. The number of hydrogen-bond donors (Lipinski definition) is 1. The van der Waals surface area contributed by atoms with Crippen molar-refractivity contribution in [2.75, 3.05) is 0 Å². The molecule has 0 amide bonds. The number of aromatic nitrogens is 1. The summed E-state index contributed by atoms with van der Waals surface area (Å²) in [4.78, 5) is 0. The molecule has 2 heterocycles. The summed E-state index contributed by atoms with van der Waals surface area (Å²) in [5.41, 5.74) is 8.81. The molecule has 1 aromatic heterocycles. The fourth-order valence-electron chi connectivity index (χ4n) is 7.50. The average molecular weight is 565 g/mol. The quantitative estimate of drug-likeness (QED) is 0.211. The first-order valence-corrected chi connectivity index (χ1v) is 15.6. The van der Waals surface area contributed by atoms with E-state index in [1.807, 2.05) is 0 Å². The van der Waals surface area contributed by atoms with Crippen molar-refractivity contribution in [3.8, 4) is 0 Å². The molecule has 6 aromatic carbocycles. The molecular formula is C42H32N2. The van der Waals surface area contributed by atoms with Gasteiger partial charge < -0.3 is 9.88 Å². The Bertz CT molecular complexity index is 2310. The smallest absolute Gasteiger partial charge is 0.124 e. The van der Waals surface area contributed by atoms with Gasteiger partial charge in [0.15, 0.2) is 0 Å². The van der Waals surface area contributed by atoms with Crippen LogP contribution in [0.1, 0.15) is 35.5 Å². The van der Waals surface area contributed by atoms with Crippen molar-refractivity contribution in [1.82, 2.24) is 9.88 Å². The lowest BCUT2D eigenvalue weighted by Crippen LogP contribution is -2.27. The number of allylic oxidation sites excluding steroid dienone is 3. The lowest BCUT2D eigenvalue weighted by atomic mass is 9.92. The van der Waals surface area contributed by atoms with Crippen molar-refractivity contribution in [2.45, 2.75) is 19.5 Å². The van der Waals surface area contributed by atoms with Crippen molar-refractivity contribution in [1.29, 1.82) is 0 Å². The van der Waals surface area contributed by atoms with Gasteiger partial charge in [-0.2, -0.15) is 0 Å². The molecule has 2 unspecified atom stereocenters. The third-order valence-corrected chi connectivity index (χ3v) is 9.55. The Labute approximate surface area is 257 Å². The fraction of sp³-hybridized carbons (Fsp3) is 0.0952. The van der Waals surface area contributed by atoms with E-state index in [4.69, 9.17) is 0 Å². The summed E-state index contributed by atoms with van der Waals surface area (Å²) in [7, 11) is 0. The largest absolute Gasteiger partial charge is 0.361 e. The molecule has 7 aromatic rings. The van der Waals surface area contributed by atoms with E-state index >= 15 is 0 Å². The van der Waals surface area contributed by atoms with Gasteiger partial charge in [-0.05, 0) is 97.3 Å². The lowest BCUT2D eigenvalue weighted by Gasteiger charge is -2.29. The van der Waals surface area contributed by atoms with Gasteiger partial charge in [-0.25, -0.2) is 0 Å². The molecule has 9 rings (SSSR count). The van der Waals surface area contributed by atoms with Crippen LogP contribution >= 0.6 is 0 Å². The van der Waals surface area contributed by atoms with Gasteiger partial charge in [0.1, 0.15) is 6.17 Å². The first-order chi connectivity index (χ1) is 21.7. The van der Waals surface area contributed by atoms with Gasteiger partial charge in [-0.1, -0.05) is 122 Å². The molecule has 210 valence electrons. The Hall–Kier alpha value is -5.34. The Balaban J connectivity index is 1.26. The molecule has 0 radical (unpaired) electrons. The van der Waals surface area contributed by atoms with Gasteiger partial charge in [0, 0.05) is 16.8 Å². The van der Waals surface area contributed by atoms with Crippen molar-refractivity contribution in [2.24, 2.45) is 5.92 Å². The molecular weight excluding hydrogens is 532 g/mol. The number of nitrogens with one attached hydrogen (secondary N) is 1. The Kier molecular flexibility index (Phi) is 5.64. The summed E-state index contributed by atoms with van der Waals surface area (Å²) < 4.78 is 2.51. The van der Waals surface area contributed by atoms with Crippen LogP contribution in [0.15, 0.2) is 140 Å². The molecule has 0 saturated carbocycles. The van der Waals surface area contributed by atoms with Crippen molar-refractivity contribution >= 4 is 60.6 Å². The Morgan fingerprint density at radius 2 is 1.23 bits per heavy atom. The van der Waals surface area contributed by atoms with Crippen LogP contribution in [-0.2, 0) is 6.42 Å². The SMILES string of the molecule is CC1C=Cc2c(c3ccccc3n2C2C=C(c3ccccc3)C=C(c3ccc4c5ccccc5c5ccccc5c4c3)N2)C1. The maximum absolute atomic E-state index is 3.99. The molecule has 44 heavy (non-hydrogen) atoms. The number of benzene rings is 6. The van der Waals surface area contributed by atoms with E-state index in [2.05, 4.69) is 162 Å². The van der Waals surface area contributed by atoms with Crippen LogP contribution in [0, 0.1) is 5.92 Å².